The maximum Gasteiger partial charge on any atom is 0.291 e. The molecule has 1 N–H and O–H groups in total. The van der Waals surface area contributed by atoms with E-state index in [2.05, 4.69) is 11.9 Å². The van der Waals surface area contributed by atoms with Crippen molar-refractivity contribution in [2.45, 2.75) is 10.6 Å². The second kappa shape index (κ2) is 8.58. The highest BCUT2D eigenvalue weighted by atomic mass is 32.2. The summed E-state index contributed by atoms with van der Waals surface area (Å²) in [5, 5.41) is 2.69. The van der Waals surface area contributed by atoms with Gasteiger partial charge in [-0.15, -0.1) is 0 Å². The van der Waals surface area contributed by atoms with Crippen LogP contribution in [0.25, 0.3) is 0 Å². The number of nitrogens with one attached hydrogen (secondary N) is 1. The Morgan fingerprint density at radius 1 is 1.11 bits per heavy atom. The van der Waals surface area contributed by atoms with Crippen LogP contribution >= 0.6 is 0 Å². The summed E-state index contributed by atoms with van der Waals surface area (Å²) in [4.78, 5) is 12.8. The minimum absolute atomic E-state index is 0.0445. The molecule has 0 unspecified atom stereocenters. The molecule has 144 valence electrons. The number of carbonyl (C=O) groups is 1. The third kappa shape index (κ3) is 4.69. The molecule has 0 saturated heterocycles. The molecule has 0 bridgehead atoms. The number of amides is 1. The quantitative estimate of drug-likeness (QED) is 0.579. The number of sulfone groups is 1. The first-order valence-corrected chi connectivity index (χ1v) is 10.1. The summed E-state index contributed by atoms with van der Waals surface area (Å²) in [6.45, 7) is 3.93. The van der Waals surface area contributed by atoms with Crippen LogP contribution in [-0.2, 0) is 15.6 Å². The number of hydrogen-bond donors (Lipinski definition) is 1. The Morgan fingerprint density at radius 2 is 1.89 bits per heavy atom. The summed E-state index contributed by atoms with van der Waals surface area (Å²) < 4.78 is 35.8. The van der Waals surface area contributed by atoms with E-state index in [0.717, 1.165) is 0 Å². The maximum absolute atomic E-state index is 12.6. The smallest absolute Gasteiger partial charge is 0.291 e. The molecule has 3 rings (SSSR count). The van der Waals surface area contributed by atoms with Crippen LogP contribution in [0.15, 0.2) is 88.9 Å². The van der Waals surface area contributed by atoms with Crippen molar-refractivity contribution >= 4 is 21.4 Å². The minimum Gasteiger partial charge on any atom is -0.489 e. The molecular formula is C21H19NO5S. The molecule has 3 aromatic rings. The fourth-order valence-corrected chi connectivity index (χ4v) is 3.95. The van der Waals surface area contributed by atoms with Crippen LogP contribution in [0.2, 0.25) is 0 Å². The van der Waals surface area contributed by atoms with Crippen LogP contribution in [0.4, 0.5) is 5.69 Å². The van der Waals surface area contributed by atoms with E-state index in [4.69, 9.17) is 9.15 Å². The van der Waals surface area contributed by atoms with Gasteiger partial charge in [-0.25, -0.2) is 8.42 Å². The van der Waals surface area contributed by atoms with Crippen molar-refractivity contribution in [1.29, 1.82) is 0 Å². The third-order valence-corrected chi connectivity index (χ3v) is 5.54. The van der Waals surface area contributed by atoms with Crippen LogP contribution in [0.3, 0.4) is 0 Å². The lowest BCUT2D eigenvalue weighted by molar-refractivity contribution is 0.0996. The fraction of sp³-hybridized carbons (Fsp3) is 0.0952. The van der Waals surface area contributed by atoms with E-state index in [1.54, 1.807) is 48.5 Å². The molecule has 0 saturated carbocycles. The van der Waals surface area contributed by atoms with Gasteiger partial charge in [-0.2, -0.15) is 0 Å². The summed E-state index contributed by atoms with van der Waals surface area (Å²) in [7, 11) is -3.60. The number of carbonyl (C=O) groups excluding carboxylic acids is 1. The van der Waals surface area contributed by atoms with Crippen molar-refractivity contribution in [1.82, 2.24) is 0 Å². The van der Waals surface area contributed by atoms with Gasteiger partial charge in [-0.05, 0) is 30.3 Å². The molecule has 1 heterocycles. The SMILES string of the molecule is C=CCOc1cccc(NC(=O)c2occc2CS(=O)(=O)c2ccccc2)c1. The molecule has 1 aromatic heterocycles. The molecule has 2 aromatic carbocycles. The zero-order valence-corrected chi connectivity index (χ0v) is 15.8. The fourth-order valence-electron chi connectivity index (χ4n) is 2.57. The van der Waals surface area contributed by atoms with E-state index < -0.39 is 15.7 Å². The molecule has 28 heavy (non-hydrogen) atoms. The Morgan fingerprint density at radius 3 is 2.64 bits per heavy atom. The lowest BCUT2D eigenvalue weighted by Crippen LogP contribution is -2.14. The van der Waals surface area contributed by atoms with Crippen molar-refractivity contribution < 1.29 is 22.4 Å². The topological polar surface area (TPSA) is 85.6 Å². The van der Waals surface area contributed by atoms with E-state index in [1.807, 2.05) is 0 Å². The van der Waals surface area contributed by atoms with Crippen molar-refractivity contribution in [3.63, 3.8) is 0 Å². The van der Waals surface area contributed by atoms with Gasteiger partial charge in [0.05, 0.1) is 16.9 Å². The second-order valence-electron chi connectivity index (χ2n) is 5.93. The summed E-state index contributed by atoms with van der Waals surface area (Å²) in [5.74, 6) is -0.344. The van der Waals surface area contributed by atoms with Crippen LogP contribution < -0.4 is 10.1 Å². The average molecular weight is 397 g/mol. The number of furan rings is 1. The highest BCUT2D eigenvalue weighted by molar-refractivity contribution is 7.90. The first-order chi connectivity index (χ1) is 13.5. The molecule has 0 spiro atoms. The van der Waals surface area contributed by atoms with Gasteiger partial charge in [0.2, 0.25) is 0 Å². The molecular weight excluding hydrogens is 378 g/mol. The van der Waals surface area contributed by atoms with Gasteiger partial charge in [0.1, 0.15) is 12.4 Å². The summed E-state index contributed by atoms with van der Waals surface area (Å²) >= 11 is 0. The van der Waals surface area contributed by atoms with Gasteiger partial charge < -0.3 is 14.5 Å². The van der Waals surface area contributed by atoms with E-state index in [-0.39, 0.29) is 16.4 Å². The number of ether oxygens (including phenoxy) is 1. The molecule has 0 atom stereocenters. The lowest BCUT2D eigenvalue weighted by Gasteiger charge is -2.08. The maximum atomic E-state index is 12.6. The monoisotopic (exact) mass is 397 g/mol. The molecule has 0 aliphatic carbocycles. The van der Waals surface area contributed by atoms with E-state index >= 15 is 0 Å². The first kappa shape index (κ1) is 19.4. The average Bonchev–Trinajstić information content (AvgIpc) is 3.15. The van der Waals surface area contributed by atoms with E-state index in [9.17, 15) is 13.2 Å². The predicted molar refractivity (Wildman–Crippen MR) is 106 cm³/mol. The van der Waals surface area contributed by atoms with E-state index in [1.165, 1.54) is 24.5 Å². The Balaban J connectivity index is 1.76. The predicted octanol–water partition coefficient (Wildman–Crippen LogP) is 4.07. The number of hydrogen-bond acceptors (Lipinski definition) is 5. The zero-order chi connectivity index (χ0) is 20.0. The standard InChI is InChI=1S/C21H19NO5S/c1-2-12-26-18-8-6-7-17(14-18)22-21(23)20-16(11-13-27-20)15-28(24,25)19-9-4-3-5-10-19/h2-11,13-14H,1,12,15H2,(H,22,23). The normalized spacial score (nSPS) is 11.0. The number of anilines is 1. The van der Waals surface area contributed by atoms with Gasteiger partial charge in [0.15, 0.2) is 15.6 Å². The zero-order valence-electron chi connectivity index (χ0n) is 15.0. The molecule has 1 amide bonds. The van der Waals surface area contributed by atoms with Crippen molar-refractivity contribution in [2.75, 3.05) is 11.9 Å². The van der Waals surface area contributed by atoms with Crippen LogP contribution in [0.5, 0.6) is 5.75 Å². The number of rotatable bonds is 8. The van der Waals surface area contributed by atoms with Crippen molar-refractivity contribution in [3.05, 3.63) is 90.9 Å². The molecule has 7 heteroatoms. The lowest BCUT2D eigenvalue weighted by atomic mass is 10.2. The Hall–Kier alpha value is -3.32. The summed E-state index contributed by atoms with van der Waals surface area (Å²) in [6, 6.07) is 16.4. The van der Waals surface area contributed by atoms with Crippen LogP contribution in [0.1, 0.15) is 16.1 Å². The molecule has 0 aliphatic heterocycles. The summed E-state index contributed by atoms with van der Waals surface area (Å²) in [6.07, 6.45) is 2.92. The van der Waals surface area contributed by atoms with Crippen molar-refractivity contribution in [3.8, 4) is 5.75 Å². The van der Waals surface area contributed by atoms with Gasteiger partial charge in [-0.3, -0.25) is 4.79 Å². The highest BCUT2D eigenvalue weighted by Gasteiger charge is 2.22. The van der Waals surface area contributed by atoms with E-state index in [0.29, 0.717) is 23.6 Å². The van der Waals surface area contributed by atoms with Gasteiger partial charge in [0.25, 0.3) is 5.91 Å². The number of benzene rings is 2. The molecule has 0 fully saturated rings. The molecule has 0 radical (unpaired) electrons. The molecule has 6 nitrogen and oxygen atoms in total. The summed E-state index contributed by atoms with van der Waals surface area (Å²) in [5.41, 5.74) is 0.792. The van der Waals surface area contributed by atoms with Gasteiger partial charge in [-0.1, -0.05) is 36.9 Å². The van der Waals surface area contributed by atoms with Crippen LogP contribution in [0, 0.1) is 0 Å². The third-order valence-electron chi connectivity index (χ3n) is 3.86. The Labute approximate surface area is 163 Å². The molecule has 0 aliphatic rings. The minimum atomic E-state index is -3.60. The van der Waals surface area contributed by atoms with Gasteiger partial charge in [0, 0.05) is 17.3 Å². The first-order valence-electron chi connectivity index (χ1n) is 8.49. The Kier molecular flexibility index (Phi) is 5.96. The van der Waals surface area contributed by atoms with Crippen LogP contribution in [-0.4, -0.2) is 20.9 Å². The largest absolute Gasteiger partial charge is 0.489 e. The van der Waals surface area contributed by atoms with Gasteiger partial charge >= 0.3 is 0 Å². The highest BCUT2D eigenvalue weighted by Crippen LogP contribution is 2.22. The van der Waals surface area contributed by atoms with Crippen molar-refractivity contribution in [2.24, 2.45) is 0 Å². The second-order valence-corrected chi connectivity index (χ2v) is 7.92. The Bertz CT molecular complexity index is 1070.